The van der Waals surface area contributed by atoms with Gasteiger partial charge in [0, 0.05) is 20.9 Å². The molecule has 25 heavy (non-hydrogen) atoms. The Kier molecular flexibility index (Phi) is 3.94. The van der Waals surface area contributed by atoms with Gasteiger partial charge in [-0.3, -0.25) is 0 Å². The molecular formula is C21H18O3S. The molecule has 0 unspecified atom stereocenters. The molecule has 1 heterocycles. The molecule has 126 valence electrons. The molecule has 1 aliphatic rings. The Bertz CT molecular complexity index is 890. The third kappa shape index (κ3) is 2.41. The number of fused-ring (bicyclic) bond motifs is 2. The molecule has 0 saturated carbocycles. The predicted octanol–water partition coefficient (Wildman–Crippen LogP) is 4.45. The lowest BCUT2D eigenvalue weighted by Crippen LogP contribution is -2.32. The molecule has 0 saturated heterocycles. The first-order valence-electron chi connectivity index (χ1n) is 8.00. The molecule has 0 fully saturated rings. The Hall–Kier alpha value is -2.43. The van der Waals surface area contributed by atoms with Crippen molar-refractivity contribution in [3.05, 3.63) is 83.4 Å². The summed E-state index contributed by atoms with van der Waals surface area (Å²) in [4.78, 5) is 2.11. The Morgan fingerprint density at radius 3 is 1.88 bits per heavy atom. The zero-order chi connectivity index (χ0) is 17.4. The minimum Gasteiger partial charge on any atom is -0.493 e. The van der Waals surface area contributed by atoms with Crippen LogP contribution in [0.3, 0.4) is 0 Å². The lowest BCUT2D eigenvalue weighted by Gasteiger charge is -2.36. The minimum absolute atomic E-state index is 0.599. The summed E-state index contributed by atoms with van der Waals surface area (Å²) in [5.74, 6) is 1.24. The van der Waals surface area contributed by atoms with E-state index in [2.05, 4.69) is 0 Å². The maximum atomic E-state index is 11.9. The molecule has 0 spiro atoms. The van der Waals surface area contributed by atoms with Gasteiger partial charge in [0.2, 0.25) is 0 Å². The number of ether oxygens (including phenoxy) is 2. The maximum absolute atomic E-state index is 11.9. The zero-order valence-corrected chi connectivity index (χ0v) is 14.8. The van der Waals surface area contributed by atoms with Crippen LogP contribution in [0.15, 0.2) is 76.5 Å². The van der Waals surface area contributed by atoms with Gasteiger partial charge < -0.3 is 14.6 Å². The fraction of sp³-hybridized carbons (Fsp3) is 0.143. The molecule has 1 N–H and O–H groups in total. The van der Waals surface area contributed by atoms with E-state index in [4.69, 9.17) is 9.47 Å². The van der Waals surface area contributed by atoms with Crippen LogP contribution in [0, 0.1) is 0 Å². The number of rotatable bonds is 3. The Morgan fingerprint density at radius 2 is 1.32 bits per heavy atom. The fourth-order valence-electron chi connectivity index (χ4n) is 3.34. The van der Waals surface area contributed by atoms with Crippen molar-refractivity contribution >= 4 is 11.8 Å². The lowest BCUT2D eigenvalue weighted by molar-refractivity contribution is 0.118. The number of benzene rings is 3. The summed E-state index contributed by atoms with van der Waals surface area (Å²) in [7, 11) is 3.21. The average molecular weight is 350 g/mol. The van der Waals surface area contributed by atoms with Gasteiger partial charge in [-0.1, -0.05) is 54.2 Å². The Labute approximate surface area is 151 Å². The Morgan fingerprint density at radius 1 is 0.760 bits per heavy atom. The summed E-state index contributed by atoms with van der Waals surface area (Å²) in [6.07, 6.45) is 0. The lowest BCUT2D eigenvalue weighted by atomic mass is 9.80. The first kappa shape index (κ1) is 16.1. The SMILES string of the molecule is COc1ccc(C2(O)c3ccccc3Sc3ccccc32)cc1OC. The highest BCUT2D eigenvalue weighted by Crippen LogP contribution is 2.51. The number of aliphatic hydroxyl groups is 1. The van der Waals surface area contributed by atoms with Crippen LogP contribution in [0.1, 0.15) is 16.7 Å². The van der Waals surface area contributed by atoms with Crippen LogP contribution in [-0.4, -0.2) is 19.3 Å². The van der Waals surface area contributed by atoms with Gasteiger partial charge in [0.05, 0.1) is 14.2 Å². The smallest absolute Gasteiger partial charge is 0.161 e. The zero-order valence-electron chi connectivity index (χ0n) is 14.0. The quantitative estimate of drug-likeness (QED) is 0.757. The van der Waals surface area contributed by atoms with Gasteiger partial charge >= 0.3 is 0 Å². The van der Waals surface area contributed by atoms with Gasteiger partial charge in [-0.15, -0.1) is 0 Å². The molecule has 0 aromatic heterocycles. The second kappa shape index (κ2) is 6.14. The second-order valence-electron chi connectivity index (χ2n) is 5.87. The van der Waals surface area contributed by atoms with E-state index in [-0.39, 0.29) is 0 Å². The van der Waals surface area contributed by atoms with E-state index in [9.17, 15) is 5.11 Å². The molecule has 3 nitrogen and oxygen atoms in total. The second-order valence-corrected chi connectivity index (χ2v) is 6.96. The molecule has 1 aliphatic heterocycles. The summed E-state index contributed by atoms with van der Waals surface area (Å²) in [5, 5.41) is 11.9. The van der Waals surface area contributed by atoms with Gasteiger partial charge in [-0.05, 0) is 29.8 Å². The molecule has 4 heteroatoms. The third-order valence-corrected chi connectivity index (χ3v) is 5.73. The average Bonchev–Trinajstić information content (AvgIpc) is 2.67. The molecular weight excluding hydrogens is 332 g/mol. The highest BCUT2D eigenvalue weighted by molar-refractivity contribution is 7.99. The van der Waals surface area contributed by atoms with Crippen LogP contribution in [0.2, 0.25) is 0 Å². The molecule has 4 rings (SSSR count). The van der Waals surface area contributed by atoms with Crippen LogP contribution in [0.5, 0.6) is 11.5 Å². The first-order chi connectivity index (χ1) is 12.2. The molecule has 0 amide bonds. The highest BCUT2D eigenvalue weighted by Gasteiger charge is 2.41. The largest absolute Gasteiger partial charge is 0.493 e. The first-order valence-corrected chi connectivity index (χ1v) is 8.82. The summed E-state index contributed by atoms with van der Waals surface area (Å²) in [6.45, 7) is 0. The van der Waals surface area contributed by atoms with Crippen molar-refractivity contribution < 1.29 is 14.6 Å². The molecule has 0 radical (unpaired) electrons. The van der Waals surface area contributed by atoms with Crippen LogP contribution < -0.4 is 9.47 Å². The number of methoxy groups -OCH3 is 2. The van der Waals surface area contributed by atoms with E-state index < -0.39 is 5.60 Å². The highest BCUT2D eigenvalue weighted by atomic mass is 32.2. The predicted molar refractivity (Wildman–Crippen MR) is 98.7 cm³/mol. The summed E-state index contributed by atoms with van der Waals surface area (Å²) in [5.41, 5.74) is 1.28. The third-order valence-electron chi connectivity index (χ3n) is 4.57. The van der Waals surface area contributed by atoms with Crippen LogP contribution >= 0.6 is 11.8 Å². The van der Waals surface area contributed by atoms with E-state index in [1.807, 2.05) is 66.7 Å². The van der Waals surface area contributed by atoms with Crippen LogP contribution in [0.4, 0.5) is 0 Å². The monoisotopic (exact) mass is 350 g/mol. The van der Waals surface area contributed by atoms with Crippen molar-refractivity contribution in [2.24, 2.45) is 0 Å². The van der Waals surface area contributed by atoms with E-state index in [1.165, 1.54) is 0 Å². The van der Waals surface area contributed by atoms with Gasteiger partial charge in [0.15, 0.2) is 11.5 Å². The fourth-order valence-corrected chi connectivity index (χ4v) is 4.53. The van der Waals surface area contributed by atoms with E-state index in [0.717, 1.165) is 26.5 Å². The minimum atomic E-state index is -1.24. The maximum Gasteiger partial charge on any atom is 0.161 e. The Balaban J connectivity index is 2.00. The standard InChI is InChI=1S/C21H18O3S/c1-23-17-12-11-14(13-18(17)24-2)21(22)15-7-3-5-9-19(15)25-20-10-6-4-8-16(20)21/h3-13,22H,1-2H3. The van der Waals surface area contributed by atoms with Crippen LogP contribution in [-0.2, 0) is 5.60 Å². The van der Waals surface area contributed by atoms with Gasteiger partial charge in [-0.25, -0.2) is 0 Å². The summed E-state index contributed by atoms with van der Waals surface area (Å²) >= 11 is 1.68. The van der Waals surface area contributed by atoms with Crippen molar-refractivity contribution in [2.45, 2.75) is 15.4 Å². The summed E-state index contributed by atoms with van der Waals surface area (Å²) < 4.78 is 10.8. The number of hydrogen-bond donors (Lipinski definition) is 1. The topological polar surface area (TPSA) is 38.7 Å². The van der Waals surface area contributed by atoms with Crippen molar-refractivity contribution in [2.75, 3.05) is 14.2 Å². The van der Waals surface area contributed by atoms with Crippen molar-refractivity contribution in [1.82, 2.24) is 0 Å². The van der Waals surface area contributed by atoms with Gasteiger partial charge in [0.25, 0.3) is 0 Å². The van der Waals surface area contributed by atoms with E-state index in [0.29, 0.717) is 11.5 Å². The number of hydrogen-bond acceptors (Lipinski definition) is 4. The van der Waals surface area contributed by atoms with Crippen molar-refractivity contribution in [3.8, 4) is 11.5 Å². The normalized spacial score (nSPS) is 14.4. The molecule has 0 bridgehead atoms. The summed E-state index contributed by atoms with van der Waals surface area (Å²) in [6, 6.07) is 21.5. The van der Waals surface area contributed by atoms with Crippen molar-refractivity contribution in [1.29, 1.82) is 0 Å². The molecule has 3 aromatic carbocycles. The molecule has 0 atom stereocenters. The van der Waals surface area contributed by atoms with E-state index >= 15 is 0 Å². The van der Waals surface area contributed by atoms with Crippen molar-refractivity contribution in [3.63, 3.8) is 0 Å². The molecule has 3 aromatic rings. The van der Waals surface area contributed by atoms with E-state index in [1.54, 1.807) is 26.0 Å². The molecule has 0 aliphatic carbocycles. The van der Waals surface area contributed by atoms with Gasteiger partial charge in [0.1, 0.15) is 5.60 Å². The van der Waals surface area contributed by atoms with Crippen LogP contribution in [0.25, 0.3) is 0 Å². The van der Waals surface area contributed by atoms with Gasteiger partial charge in [-0.2, -0.15) is 0 Å².